The number of carbonyl (C=O) groups excluding carboxylic acids is 1. The summed E-state index contributed by atoms with van der Waals surface area (Å²) in [7, 11) is 0. The lowest BCUT2D eigenvalue weighted by Gasteiger charge is -2.08. The van der Waals surface area contributed by atoms with Gasteiger partial charge in [0.05, 0.1) is 11.4 Å². The number of carbonyl (C=O) groups is 1. The van der Waals surface area contributed by atoms with Gasteiger partial charge in [-0.25, -0.2) is 4.39 Å². The molecule has 0 saturated carbocycles. The molecule has 1 amide bonds. The first-order valence-electron chi connectivity index (χ1n) is 7.69. The van der Waals surface area contributed by atoms with E-state index in [4.69, 9.17) is 0 Å². The Morgan fingerprint density at radius 2 is 1.88 bits per heavy atom. The van der Waals surface area contributed by atoms with Crippen LogP contribution in [0.1, 0.15) is 11.1 Å². The van der Waals surface area contributed by atoms with Crippen molar-refractivity contribution >= 4 is 23.4 Å². The van der Waals surface area contributed by atoms with Gasteiger partial charge in [-0.15, -0.1) is 10.2 Å². The van der Waals surface area contributed by atoms with Crippen LogP contribution in [0.4, 0.5) is 10.1 Å². The van der Waals surface area contributed by atoms with Crippen LogP contribution in [0, 0.1) is 19.7 Å². The number of hydrogen-bond acceptors (Lipinski definition) is 4. The van der Waals surface area contributed by atoms with Gasteiger partial charge in [0.15, 0.2) is 5.16 Å². The second-order valence-corrected chi connectivity index (χ2v) is 6.58. The molecule has 0 radical (unpaired) electrons. The van der Waals surface area contributed by atoms with E-state index in [0.29, 0.717) is 5.16 Å². The van der Waals surface area contributed by atoms with Gasteiger partial charge in [0, 0.05) is 5.69 Å². The van der Waals surface area contributed by atoms with Crippen molar-refractivity contribution in [3.8, 4) is 5.69 Å². The lowest BCUT2D eigenvalue weighted by molar-refractivity contribution is -0.113. The third kappa shape index (κ3) is 4.24. The van der Waals surface area contributed by atoms with Gasteiger partial charge in [-0.1, -0.05) is 35.5 Å². The molecule has 0 bridgehead atoms. The molecule has 3 aromatic rings. The molecule has 25 heavy (non-hydrogen) atoms. The first-order valence-corrected chi connectivity index (χ1v) is 8.67. The Morgan fingerprint density at radius 3 is 2.64 bits per heavy atom. The number of amides is 1. The number of halogens is 1. The number of benzene rings is 2. The normalized spacial score (nSPS) is 10.7. The average Bonchev–Trinajstić information content (AvgIpc) is 3.05. The fourth-order valence-electron chi connectivity index (χ4n) is 2.26. The highest BCUT2D eigenvalue weighted by molar-refractivity contribution is 7.99. The quantitative estimate of drug-likeness (QED) is 0.707. The number of hydrogen-bond donors (Lipinski definition) is 1. The zero-order valence-corrected chi connectivity index (χ0v) is 14.7. The van der Waals surface area contributed by atoms with E-state index in [9.17, 15) is 9.18 Å². The summed E-state index contributed by atoms with van der Waals surface area (Å²) in [6.07, 6.45) is 1.60. The fourth-order valence-corrected chi connectivity index (χ4v) is 2.99. The molecule has 5 nitrogen and oxygen atoms in total. The summed E-state index contributed by atoms with van der Waals surface area (Å²) in [6, 6.07) is 12.5. The Bertz CT molecular complexity index is 892. The zero-order valence-electron chi connectivity index (χ0n) is 13.9. The summed E-state index contributed by atoms with van der Waals surface area (Å²) in [5.41, 5.74) is 3.14. The second-order valence-electron chi connectivity index (χ2n) is 5.64. The van der Waals surface area contributed by atoms with Crippen molar-refractivity contribution in [3.05, 3.63) is 65.7 Å². The number of aryl methyl sites for hydroxylation is 2. The molecule has 1 N–H and O–H groups in total. The molecule has 1 heterocycles. The molecule has 0 aliphatic carbocycles. The molecule has 0 atom stereocenters. The summed E-state index contributed by atoms with van der Waals surface area (Å²) in [5.74, 6) is -0.641. The molecule has 0 unspecified atom stereocenters. The van der Waals surface area contributed by atoms with E-state index >= 15 is 0 Å². The van der Waals surface area contributed by atoms with Crippen molar-refractivity contribution < 1.29 is 9.18 Å². The molecule has 2 aromatic carbocycles. The molecular formula is C18H17FN4OS. The van der Waals surface area contributed by atoms with Gasteiger partial charge < -0.3 is 5.32 Å². The van der Waals surface area contributed by atoms with E-state index in [1.165, 1.54) is 17.8 Å². The van der Waals surface area contributed by atoms with E-state index in [2.05, 4.69) is 15.5 Å². The predicted molar refractivity (Wildman–Crippen MR) is 96.6 cm³/mol. The number of rotatable bonds is 5. The standard InChI is InChI=1S/C18H17FN4OS/c1-12-3-6-14(7-4-12)23-11-20-22-18(23)25-10-17(24)21-16-9-13(2)5-8-15(16)19/h3-9,11H,10H2,1-2H3,(H,21,24). The maximum absolute atomic E-state index is 13.7. The minimum atomic E-state index is -0.452. The van der Waals surface area contributed by atoms with Crippen LogP contribution in [-0.2, 0) is 4.79 Å². The third-order valence-corrected chi connectivity index (χ3v) is 4.50. The number of nitrogens with one attached hydrogen (secondary N) is 1. The van der Waals surface area contributed by atoms with Gasteiger partial charge in [0.25, 0.3) is 0 Å². The number of aromatic nitrogens is 3. The largest absolute Gasteiger partial charge is 0.323 e. The predicted octanol–water partition coefficient (Wildman–Crippen LogP) is 3.75. The average molecular weight is 356 g/mol. The van der Waals surface area contributed by atoms with E-state index in [1.807, 2.05) is 42.7 Å². The minimum absolute atomic E-state index is 0.109. The molecule has 0 aliphatic rings. The maximum Gasteiger partial charge on any atom is 0.234 e. The van der Waals surface area contributed by atoms with Crippen molar-refractivity contribution in [2.24, 2.45) is 0 Å². The van der Waals surface area contributed by atoms with Crippen molar-refractivity contribution in [2.45, 2.75) is 19.0 Å². The highest BCUT2D eigenvalue weighted by Gasteiger charge is 2.12. The van der Waals surface area contributed by atoms with Crippen molar-refractivity contribution in [3.63, 3.8) is 0 Å². The molecule has 0 saturated heterocycles. The second kappa shape index (κ2) is 7.48. The van der Waals surface area contributed by atoms with E-state index in [1.54, 1.807) is 18.5 Å². The van der Waals surface area contributed by atoms with Crippen LogP contribution >= 0.6 is 11.8 Å². The van der Waals surface area contributed by atoms with Crippen molar-refractivity contribution in [1.29, 1.82) is 0 Å². The molecule has 128 valence electrons. The lowest BCUT2D eigenvalue weighted by atomic mass is 10.2. The molecule has 3 rings (SSSR count). The van der Waals surface area contributed by atoms with Crippen molar-refractivity contribution in [2.75, 3.05) is 11.1 Å². The molecule has 0 aliphatic heterocycles. The van der Waals surface area contributed by atoms with Gasteiger partial charge in [-0.05, 0) is 43.7 Å². The van der Waals surface area contributed by atoms with Crippen LogP contribution in [0.15, 0.2) is 53.9 Å². The summed E-state index contributed by atoms with van der Waals surface area (Å²) in [5, 5.41) is 11.1. The summed E-state index contributed by atoms with van der Waals surface area (Å²) in [6.45, 7) is 3.86. The van der Waals surface area contributed by atoms with Gasteiger partial charge in [-0.3, -0.25) is 9.36 Å². The van der Waals surface area contributed by atoms with E-state index < -0.39 is 5.82 Å². The van der Waals surface area contributed by atoms with Gasteiger partial charge in [0.1, 0.15) is 12.1 Å². The van der Waals surface area contributed by atoms with Crippen LogP contribution in [0.25, 0.3) is 5.69 Å². The van der Waals surface area contributed by atoms with Gasteiger partial charge in [0.2, 0.25) is 5.91 Å². The summed E-state index contributed by atoms with van der Waals surface area (Å²) < 4.78 is 15.5. The maximum atomic E-state index is 13.7. The van der Waals surface area contributed by atoms with Crippen LogP contribution in [0.5, 0.6) is 0 Å². The van der Waals surface area contributed by atoms with Crippen LogP contribution in [-0.4, -0.2) is 26.4 Å². The van der Waals surface area contributed by atoms with Crippen molar-refractivity contribution in [1.82, 2.24) is 14.8 Å². The smallest absolute Gasteiger partial charge is 0.234 e. The Morgan fingerprint density at radius 1 is 1.16 bits per heavy atom. The molecule has 7 heteroatoms. The first-order chi connectivity index (χ1) is 12.0. The number of thioether (sulfide) groups is 1. The van der Waals surface area contributed by atoms with Gasteiger partial charge in [-0.2, -0.15) is 0 Å². The Kier molecular flexibility index (Phi) is 5.14. The van der Waals surface area contributed by atoms with Crippen LogP contribution in [0.2, 0.25) is 0 Å². The molecule has 1 aromatic heterocycles. The molecular weight excluding hydrogens is 339 g/mol. The van der Waals surface area contributed by atoms with Gasteiger partial charge >= 0.3 is 0 Å². The Hall–Kier alpha value is -2.67. The van der Waals surface area contributed by atoms with E-state index in [0.717, 1.165) is 16.8 Å². The summed E-state index contributed by atoms with van der Waals surface area (Å²) in [4.78, 5) is 12.1. The topological polar surface area (TPSA) is 59.8 Å². The van der Waals surface area contributed by atoms with E-state index in [-0.39, 0.29) is 17.3 Å². The Balaban J connectivity index is 1.66. The first kappa shape index (κ1) is 17.2. The molecule has 0 fully saturated rings. The zero-order chi connectivity index (χ0) is 17.8. The minimum Gasteiger partial charge on any atom is -0.323 e. The third-order valence-electron chi connectivity index (χ3n) is 3.56. The fraction of sp³-hybridized carbons (Fsp3) is 0.167. The van der Waals surface area contributed by atoms with Crippen LogP contribution < -0.4 is 5.32 Å². The monoisotopic (exact) mass is 356 g/mol. The molecule has 0 spiro atoms. The number of nitrogens with zero attached hydrogens (tertiary/aromatic N) is 3. The highest BCUT2D eigenvalue weighted by atomic mass is 32.2. The lowest BCUT2D eigenvalue weighted by Crippen LogP contribution is -2.15. The number of anilines is 1. The summed E-state index contributed by atoms with van der Waals surface area (Å²) >= 11 is 1.25. The SMILES string of the molecule is Cc1ccc(-n2cnnc2SCC(=O)Nc2cc(C)ccc2F)cc1. The highest BCUT2D eigenvalue weighted by Crippen LogP contribution is 2.21. The van der Waals surface area contributed by atoms with Crippen LogP contribution in [0.3, 0.4) is 0 Å². The Labute approximate surface area is 149 Å².